The molecule has 0 bridgehead atoms. The van der Waals surface area contributed by atoms with E-state index in [1.807, 2.05) is 31.2 Å². The molecular weight excluding hydrogens is 306 g/mol. The first-order valence-electron chi connectivity index (χ1n) is 7.60. The Morgan fingerprint density at radius 1 is 1.21 bits per heavy atom. The van der Waals surface area contributed by atoms with Gasteiger partial charge in [-0.2, -0.15) is 0 Å². The summed E-state index contributed by atoms with van der Waals surface area (Å²) in [7, 11) is 0. The Morgan fingerprint density at radius 2 is 2.00 bits per heavy atom. The summed E-state index contributed by atoms with van der Waals surface area (Å²) in [4.78, 5) is 28.6. The van der Waals surface area contributed by atoms with Gasteiger partial charge in [0, 0.05) is 12.4 Å². The van der Waals surface area contributed by atoms with Gasteiger partial charge in [-0.15, -0.1) is 0 Å². The number of aromatic nitrogens is 2. The van der Waals surface area contributed by atoms with Crippen LogP contribution in [-0.4, -0.2) is 28.4 Å². The highest BCUT2D eigenvalue weighted by Crippen LogP contribution is 2.15. The number of hydrogen-bond acceptors (Lipinski definition) is 4. The first kappa shape index (κ1) is 15.7. The van der Waals surface area contributed by atoms with Crippen LogP contribution in [-0.2, 0) is 0 Å². The van der Waals surface area contributed by atoms with E-state index in [-0.39, 0.29) is 5.56 Å². The van der Waals surface area contributed by atoms with Crippen LogP contribution < -0.4 is 15.6 Å². The van der Waals surface area contributed by atoms with Gasteiger partial charge in [-0.25, -0.2) is 4.98 Å². The lowest BCUT2D eigenvalue weighted by molar-refractivity contribution is 0.0945. The van der Waals surface area contributed by atoms with Crippen molar-refractivity contribution in [1.29, 1.82) is 0 Å². The van der Waals surface area contributed by atoms with Gasteiger partial charge in [0.05, 0.1) is 6.54 Å². The Labute approximate surface area is 138 Å². The number of hydrogen-bond donors (Lipinski definition) is 1. The van der Waals surface area contributed by atoms with E-state index in [1.54, 1.807) is 24.4 Å². The van der Waals surface area contributed by atoms with Crippen LogP contribution in [0.15, 0.2) is 59.7 Å². The summed E-state index contributed by atoms with van der Waals surface area (Å²) >= 11 is 0. The molecular formula is C18H17N3O3. The fourth-order valence-electron chi connectivity index (χ4n) is 2.32. The summed E-state index contributed by atoms with van der Waals surface area (Å²) in [5.41, 5.74) is 1.15. The molecule has 0 aliphatic heterocycles. The van der Waals surface area contributed by atoms with Crippen molar-refractivity contribution >= 4 is 11.6 Å². The number of para-hydroxylation sites is 1. The van der Waals surface area contributed by atoms with Gasteiger partial charge in [0.15, 0.2) is 0 Å². The molecule has 6 nitrogen and oxygen atoms in total. The molecule has 0 aliphatic rings. The third kappa shape index (κ3) is 3.27. The van der Waals surface area contributed by atoms with Gasteiger partial charge < -0.3 is 10.1 Å². The summed E-state index contributed by atoms with van der Waals surface area (Å²) in [6, 6.07) is 12.9. The van der Waals surface area contributed by atoms with E-state index in [4.69, 9.17) is 4.74 Å². The van der Waals surface area contributed by atoms with Crippen molar-refractivity contribution in [3.63, 3.8) is 0 Å². The van der Waals surface area contributed by atoms with Crippen LogP contribution >= 0.6 is 0 Å². The van der Waals surface area contributed by atoms with Gasteiger partial charge in [-0.05, 0) is 30.7 Å². The number of fused-ring (bicyclic) bond motifs is 1. The molecule has 0 aliphatic carbocycles. The van der Waals surface area contributed by atoms with Gasteiger partial charge in [0.25, 0.3) is 11.5 Å². The smallest absolute Gasteiger partial charge is 0.270 e. The average Bonchev–Trinajstić information content (AvgIpc) is 2.60. The lowest BCUT2D eigenvalue weighted by atomic mass is 10.2. The number of benzene rings is 1. The lowest BCUT2D eigenvalue weighted by Gasteiger charge is -2.09. The Bertz CT molecular complexity index is 934. The number of rotatable bonds is 5. The van der Waals surface area contributed by atoms with Gasteiger partial charge >= 0.3 is 0 Å². The monoisotopic (exact) mass is 323 g/mol. The Morgan fingerprint density at radius 3 is 2.83 bits per heavy atom. The van der Waals surface area contributed by atoms with Crippen molar-refractivity contribution in [3.8, 4) is 5.75 Å². The molecule has 1 N–H and O–H groups in total. The molecule has 0 atom stereocenters. The fraction of sp³-hybridized carbons (Fsp3) is 0.167. The first-order valence-corrected chi connectivity index (χ1v) is 7.60. The number of nitrogens with zero attached hydrogens (tertiary/aromatic N) is 2. The van der Waals surface area contributed by atoms with Crippen molar-refractivity contribution in [1.82, 2.24) is 14.7 Å². The maximum Gasteiger partial charge on any atom is 0.270 e. The zero-order valence-electron chi connectivity index (χ0n) is 13.2. The van der Waals surface area contributed by atoms with E-state index in [0.29, 0.717) is 18.8 Å². The number of aryl methyl sites for hydroxylation is 1. The van der Waals surface area contributed by atoms with Gasteiger partial charge in [0.1, 0.15) is 23.6 Å². The minimum absolute atomic E-state index is 0.00888. The predicted molar refractivity (Wildman–Crippen MR) is 90.5 cm³/mol. The minimum Gasteiger partial charge on any atom is -0.491 e. The predicted octanol–water partition coefficient (Wildman–Crippen LogP) is 1.81. The van der Waals surface area contributed by atoms with Crippen LogP contribution in [0.5, 0.6) is 5.75 Å². The highest BCUT2D eigenvalue weighted by molar-refractivity contribution is 5.93. The lowest BCUT2D eigenvalue weighted by Crippen LogP contribution is -2.33. The second kappa shape index (κ2) is 6.95. The zero-order chi connectivity index (χ0) is 16.9. The second-order valence-electron chi connectivity index (χ2n) is 5.28. The molecule has 3 aromatic rings. The molecule has 0 spiro atoms. The highest BCUT2D eigenvalue weighted by Gasteiger charge is 2.12. The fourth-order valence-corrected chi connectivity index (χ4v) is 2.32. The van der Waals surface area contributed by atoms with Crippen molar-refractivity contribution < 1.29 is 9.53 Å². The Hall–Kier alpha value is -3.15. The molecule has 6 heteroatoms. The maximum absolute atomic E-state index is 12.3. The molecule has 0 unspecified atom stereocenters. The van der Waals surface area contributed by atoms with Crippen LogP contribution in [0.3, 0.4) is 0 Å². The van der Waals surface area contributed by atoms with Crippen molar-refractivity contribution in [3.05, 3.63) is 76.3 Å². The van der Waals surface area contributed by atoms with Gasteiger partial charge in [-0.3, -0.25) is 14.0 Å². The summed E-state index contributed by atoms with van der Waals surface area (Å²) in [5.74, 6) is 0.318. The van der Waals surface area contributed by atoms with Crippen LogP contribution in [0.4, 0.5) is 0 Å². The molecule has 2 aromatic heterocycles. The molecule has 122 valence electrons. The largest absolute Gasteiger partial charge is 0.491 e. The number of carbonyl (C=O) groups excluding carboxylic acids is 1. The third-order valence-electron chi connectivity index (χ3n) is 3.60. The van der Waals surface area contributed by atoms with E-state index >= 15 is 0 Å². The number of nitrogens with one attached hydrogen (secondary N) is 1. The highest BCUT2D eigenvalue weighted by atomic mass is 16.5. The van der Waals surface area contributed by atoms with Crippen LogP contribution in [0.25, 0.3) is 5.65 Å². The SMILES string of the molecule is Cc1ccccc1OCCNC(=O)c1cnc2ccccn2c1=O. The zero-order valence-corrected chi connectivity index (χ0v) is 13.2. The Kier molecular flexibility index (Phi) is 4.56. The number of amides is 1. The number of carbonyl (C=O) groups is 1. The molecule has 1 aromatic carbocycles. The quantitative estimate of drug-likeness (QED) is 0.727. The molecule has 2 heterocycles. The molecule has 0 saturated heterocycles. The summed E-state index contributed by atoms with van der Waals surface area (Å²) in [6.45, 7) is 2.57. The number of pyridine rings is 1. The van der Waals surface area contributed by atoms with E-state index < -0.39 is 11.5 Å². The molecule has 1 amide bonds. The van der Waals surface area contributed by atoms with Crippen LogP contribution in [0.2, 0.25) is 0 Å². The Balaban J connectivity index is 1.62. The molecule has 3 rings (SSSR count). The van der Waals surface area contributed by atoms with E-state index in [0.717, 1.165) is 11.3 Å². The molecule has 0 fully saturated rings. The van der Waals surface area contributed by atoms with E-state index in [1.165, 1.54) is 10.6 Å². The topological polar surface area (TPSA) is 72.7 Å². The maximum atomic E-state index is 12.3. The summed E-state index contributed by atoms with van der Waals surface area (Å²) in [6.07, 6.45) is 2.89. The average molecular weight is 323 g/mol. The van der Waals surface area contributed by atoms with E-state index in [9.17, 15) is 9.59 Å². The van der Waals surface area contributed by atoms with Gasteiger partial charge in [0.2, 0.25) is 0 Å². The second-order valence-corrected chi connectivity index (χ2v) is 5.28. The molecule has 0 radical (unpaired) electrons. The normalized spacial score (nSPS) is 10.5. The first-order chi connectivity index (χ1) is 11.7. The van der Waals surface area contributed by atoms with Crippen LogP contribution in [0, 0.1) is 6.92 Å². The van der Waals surface area contributed by atoms with Gasteiger partial charge in [-0.1, -0.05) is 24.3 Å². The summed E-state index contributed by atoms with van der Waals surface area (Å²) in [5, 5.41) is 2.68. The van der Waals surface area contributed by atoms with E-state index in [2.05, 4.69) is 10.3 Å². The molecule has 24 heavy (non-hydrogen) atoms. The summed E-state index contributed by atoms with van der Waals surface area (Å²) < 4.78 is 6.96. The minimum atomic E-state index is -0.459. The van der Waals surface area contributed by atoms with Crippen molar-refractivity contribution in [2.45, 2.75) is 6.92 Å². The molecule has 0 saturated carbocycles. The van der Waals surface area contributed by atoms with Crippen molar-refractivity contribution in [2.75, 3.05) is 13.2 Å². The number of ether oxygens (including phenoxy) is 1. The third-order valence-corrected chi connectivity index (χ3v) is 3.60. The van der Waals surface area contributed by atoms with Crippen molar-refractivity contribution in [2.24, 2.45) is 0 Å². The standard InChI is InChI=1S/C18H17N3O3/c1-13-6-2-3-7-15(13)24-11-9-19-17(22)14-12-20-16-8-4-5-10-21(16)18(14)23/h2-8,10,12H,9,11H2,1H3,(H,19,22). The van der Waals surface area contributed by atoms with Crippen LogP contribution in [0.1, 0.15) is 15.9 Å².